The van der Waals surface area contributed by atoms with E-state index in [0.717, 1.165) is 11.1 Å². The summed E-state index contributed by atoms with van der Waals surface area (Å²) in [5, 5.41) is 20.9. The van der Waals surface area contributed by atoms with Gasteiger partial charge in [-0.05, 0) is 48.4 Å². The lowest BCUT2D eigenvalue weighted by molar-refractivity contribution is 0.627. The third-order valence-electron chi connectivity index (χ3n) is 3.04. The van der Waals surface area contributed by atoms with Crippen molar-refractivity contribution < 1.29 is 4.39 Å². The molecule has 0 aromatic heterocycles. The first-order chi connectivity index (χ1) is 9.63. The van der Waals surface area contributed by atoms with Gasteiger partial charge in [-0.3, -0.25) is 0 Å². The van der Waals surface area contributed by atoms with Gasteiger partial charge in [-0.1, -0.05) is 6.07 Å². The molecule has 0 saturated carbocycles. The van der Waals surface area contributed by atoms with Crippen LogP contribution >= 0.6 is 0 Å². The van der Waals surface area contributed by atoms with Crippen LogP contribution in [0, 0.1) is 35.4 Å². The first kappa shape index (κ1) is 13.6. The molecule has 0 spiro atoms. The summed E-state index contributed by atoms with van der Waals surface area (Å²) >= 11 is 0. The Morgan fingerprint density at radius 3 is 2.55 bits per heavy atom. The monoisotopic (exact) mass is 265 g/mol. The zero-order valence-electron chi connectivity index (χ0n) is 10.9. The summed E-state index contributed by atoms with van der Waals surface area (Å²) in [6.45, 7) is 2.44. The highest BCUT2D eigenvalue weighted by Gasteiger charge is 2.05. The van der Waals surface area contributed by atoms with E-state index in [-0.39, 0.29) is 5.56 Å². The molecule has 0 heterocycles. The Kier molecular flexibility index (Phi) is 3.98. The maximum atomic E-state index is 13.0. The molecule has 0 aliphatic heterocycles. The molecule has 2 aromatic carbocycles. The van der Waals surface area contributed by atoms with Crippen LogP contribution in [0.25, 0.3) is 0 Å². The molecule has 0 aliphatic carbocycles. The van der Waals surface area contributed by atoms with Crippen molar-refractivity contribution in [3.63, 3.8) is 0 Å². The Labute approximate surface area is 116 Å². The number of nitrogens with one attached hydrogen (secondary N) is 1. The van der Waals surface area contributed by atoms with Gasteiger partial charge in [-0.15, -0.1) is 0 Å². The number of nitrogens with zero attached hydrogens (tertiary/aromatic N) is 2. The average Bonchev–Trinajstić information content (AvgIpc) is 2.46. The summed E-state index contributed by atoms with van der Waals surface area (Å²) in [4.78, 5) is 0. The highest BCUT2D eigenvalue weighted by atomic mass is 19.1. The van der Waals surface area contributed by atoms with E-state index >= 15 is 0 Å². The lowest BCUT2D eigenvalue weighted by atomic mass is 10.1. The van der Waals surface area contributed by atoms with E-state index in [1.54, 1.807) is 12.1 Å². The molecular weight excluding hydrogens is 253 g/mol. The normalized spacial score (nSPS) is 9.60. The number of benzene rings is 2. The number of rotatable bonds is 3. The highest BCUT2D eigenvalue weighted by molar-refractivity contribution is 5.57. The number of aryl methyl sites for hydroxylation is 1. The average molecular weight is 265 g/mol. The molecule has 98 valence electrons. The summed E-state index contributed by atoms with van der Waals surface area (Å²) < 4.78 is 13.0. The van der Waals surface area contributed by atoms with Crippen LogP contribution in [0.1, 0.15) is 22.3 Å². The van der Waals surface area contributed by atoms with Crippen LogP contribution in [0.5, 0.6) is 0 Å². The van der Waals surface area contributed by atoms with Crippen molar-refractivity contribution in [1.29, 1.82) is 10.5 Å². The topological polar surface area (TPSA) is 59.6 Å². The SMILES string of the molecule is Cc1cc(C#N)ccc1CNc1ccc(F)cc1C#N. The van der Waals surface area contributed by atoms with Crippen molar-refractivity contribution in [3.8, 4) is 12.1 Å². The van der Waals surface area contributed by atoms with Crippen molar-refractivity contribution in [3.05, 3.63) is 64.5 Å². The molecule has 0 saturated heterocycles. The van der Waals surface area contributed by atoms with Gasteiger partial charge in [-0.2, -0.15) is 10.5 Å². The summed E-state index contributed by atoms with van der Waals surface area (Å²) in [5.74, 6) is -0.429. The fraction of sp³-hybridized carbons (Fsp3) is 0.125. The Morgan fingerprint density at radius 2 is 1.90 bits per heavy atom. The number of hydrogen-bond acceptors (Lipinski definition) is 3. The summed E-state index contributed by atoms with van der Waals surface area (Å²) in [5.41, 5.74) is 3.51. The predicted octanol–water partition coefficient (Wildman–Crippen LogP) is 3.49. The molecule has 0 aliphatic rings. The molecular formula is C16H12FN3. The van der Waals surface area contributed by atoms with Crippen LogP contribution in [-0.4, -0.2) is 0 Å². The first-order valence-corrected chi connectivity index (χ1v) is 6.07. The molecule has 20 heavy (non-hydrogen) atoms. The molecule has 4 heteroatoms. The third kappa shape index (κ3) is 2.93. The van der Waals surface area contributed by atoms with E-state index in [2.05, 4.69) is 11.4 Å². The lowest BCUT2D eigenvalue weighted by Gasteiger charge is -2.10. The van der Waals surface area contributed by atoms with Gasteiger partial charge < -0.3 is 5.32 Å². The maximum Gasteiger partial charge on any atom is 0.124 e. The van der Waals surface area contributed by atoms with E-state index in [1.807, 2.05) is 25.1 Å². The van der Waals surface area contributed by atoms with Crippen molar-refractivity contribution in [2.75, 3.05) is 5.32 Å². The maximum absolute atomic E-state index is 13.0. The third-order valence-corrected chi connectivity index (χ3v) is 3.04. The second kappa shape index (κ2) is 5.86. The van der Waals surface area contributed by atoms with Gasteiger partial charge in [0.25, 0.3) is 0 Å². The first-order valence-electron chi connectivity index (χ1n) is 6.07. The molecule has 0 bridgehead atoms. The van der Waals surface area contributed by atoms with Gasteiger partial charge in [-0.25, -0.2) is 4.39 Å². The van der Waals surface area contributed by atoms with Gasteiger partial charge in [0.1, 0.15) is 11.9 Å². The molecule has 1 N–H and O–H groups in total. The smallest absolute Gasteiger partial charge is 0.124 e. The molecule has 2 rings (SSSR count). The number of nitriles is 2. The largest absolute Gasteiger partial charge is 0.380 e. The Morgan fingerprint density at radius 1 is 1.10 bits per heavy atom. The van der Waals surface area contributed by atoms with E-state index in [9.17, 15) is 4.39 Å². The van der Waals surface area contributed by atoms with Crippen LogP contribution in [-0.2, 0) is 6.54 Å². The number of anilines is 1. The van der Waals surface area contributed by atoms with Crippen LogP contribution < -0.4 is 5.32 Å². The van der Waals surface area contributed by atoms with Gasteiger partial charge in [0, 0.05) is 6.54 Å². The van der Waals surface area contributed by atoms with Crippen molar-refractivity contribution >= 4 is 5.69 Å². The fourth-order valence-electron chi connectivity index (χ4n) is 1.92. The fourth-order valence-corrected chi connectivity index (χ4v) is 1.92. The van der Waals surface area contributed by atoms with Crippen LogP contribution in [0.2, 0.25) is 0 Å². The molecule has 2 aromatic rings. The number of halogens is 1. The molecule has 0 radical (unpaired) electrons. The second-order valence-corrected chi connectivity index (χ2v) is 4.41. The Bertz CT molecular complexity index is 723. The zero-order chi connectivity index (χ0) is 14.5. The van der Waals surface area contributed by atoms with E-state index in [4.69, 9.17) is 10.5 Å². The van der Waals surface area contributed by atoms with E-state index in [1.165, 1.54) is 12.1 Å². The van der Waals surface area contributed by atoms with Gasteiger partial charge in [0.2, 0.25) is 0 Å². The number of hydrogen-bond donors (Lipinski definition) is 1. The van der Waals surface area contributed by atoms with Gasteiger partial charge in [0.05, 0.1) is 22.9 Å². The minimum atomic E-state index is -0.429. The van der Waals surface area contributed by atoms with E-state index in [0.29, 0.717) is 17.8 Å². The zero-order valence-corrected chi connectivity index (χ0v) is 10.9. The lowest BCUT2D eigenvalue weighted by Crippen LogP contribution is -2.03. The van der Waals surface area contributed by atoms with Crippen LogP contribution in [0.15, 0.2) is 36.4 Å². The van der Waals surface area contributed by atoms with Crippen molar-refractivity contribution in [2.45, 2.75) is 13.5 Å². The van der Waals surface area contributed by atoms with Crippen molar-refractivity contribution in [1.82, 2.24) is 0 Å². The van der Waals surface area contributed by atoms with Gasteiger partial charge in [0.15, 0.2) is 0 Å². The van der Waals surface area contributed by atoms with E-state index < -0.39 is 5.82 Å². The molecule has 3 nitrogen and oxygen atoms in total. The summed E-state index contributed by atoms with van der Waals surface area (Å²) in [6.07, 6.45) is 0. The predicted molar refractivity (Wildman–Crippen MR) is 74.3 cm³/mol. The second-order valence-electron chi connectivity index (χ2n) is 4.41. The minimum Gasteiger partial charge on any atom is -0.380 e. The Hall–Kier alpha value is -2.85. The summed E-state index contributed by atoms with van der Waals surface area (Å²) in [6, 6.07) is 13.5. The minimum absolute atomic E-state index is 0.274. The molecule has 0 amide bonds. The van der Waals surface area contributed by atoms with Crippen LogP contribution in [0.4, 0.5) is 10.1 Å². The summed E-state index contributed by atoms with van der Waals surface area (Å²) in [7, 11) is 0. The van der Waals surface area contributed by atoms with Crippen LogP contribution in [0.3, 0.4) is 0 Å². The van der Waals surface area contributed by atoms with Crippen molar-refractivity contribution in [2.24, 2.45) is 0 Å². The highest BCUT2D eigenvalue weighted by Crippen LogP contribution is 2.18. The standard InChI is InChI=1S/C16H12FN3/c1-11-6-12(8-18)2-3-13(11)10-20-16-5-4-15(17)7-14(16)9-19/h2-7,20H,10H2,1H3. The Balaban J connectivity index is 2.18. The molecule has 0 unspecified atom stereocenters. The molecule has 0 fully saturated rings. The quantitative estimate of drug-likeness (QED) is 0.924. The molecule has 0 atom stereocenters. The van der Waals surface area contributed by atoms with Gasteiger partial charge >= 0.3 is 0 Å².